The van der Waals surface area contributed by atoms with Crippen LogP contribution in [0.15, 0.2) is 42.0 Å². The van der Waals surface area contributed by atoms with Crippen LogP contribution in [-0.2, 0) is 19.2 Å². The number of aliphatic hydroxyl groups excluding tert-OH is 1. The van der Waals surface area contributed by atoms with Crippen molar-refractivity contribution in [2.24, 2.45) is 29.1 Å². The van der Waals surface area contributed by atoms with Crippen LogP contribution in [0.2, 0.25) is 0 Å². The van der Waals surface area contributed by atoms with Gasteiger partial charge in [0.25, 0.3) is 5.91 Å². The molecule has 0 radical (unpaired) electrons. The molecule has 3 aliphatic carbocycles. The summed E-state index contributed by atoms with van der Waals surface area (Å²) < 4.78 is 0. The van der Waals surface area contributed by atoms with Gasteiger partial charge >= 0.3 is 0 Å². The van der Waals surface area contributed by atoms with Crippen LogP contribution in [-0.4, -0.2) is 46.3 Å². The van der Waals surface area contributed by atoms with E-state index in [1.165, 1.54) is 13.0 Å². The van der Waals surface area contributed by atoms with Crippen LogP contribution in [0, 0.1) is 29.1 Å². The first kappa shape index (κ1) is 19.6. The molecule has 4 N–H and O–H groups in total. The summed E-state index contributed by atoms with van der Waals surface area (Å²) >= 11 is 0. The van der Waals surface area contributed by atoms with E-state index in [2.05, 4.69) is 16.0 Å². The molecule has 1 saturated carbocycles. The highest BCUT2D eigenvalue weighted by Crippen LogP contribution is 2.66. The Morgan fingerprint density at radius 1 is 0.935 bits per heavy atom. The highest BCUT2D eigenvalue weighted by atomic mass is 16.3. The van der Waals surface area contributed by atoms with Crippen molar-refractivity contribution < 1.29 is 29.1 Å². The maximum atomic E-state index is 13.2. The highest BCUT2D eigenvalue weighted by molar-refractivity contribution is 6.13. The lowest BCUT2D eigenvalue weighted by Crippen LogP contribution is -2.73. The van der Waals surface area contributed by atoms with Crippen molar-refractivity contribution in [3.63, 3.8) is 0 Å². The van der Waals surface area contributed by atoms with Crippen LogP contribution in [0.1, 0.15) is 24.2 Å². The van der Waals surface area contributed by atoms with Gasteiger partial charge in [0.2, 0.25) is 23.6 Å². The zero-order chi connectivity index (χ0) is 22.3. The number of aliphatic hydroxyl groups is 1. The zero-order valence-electron chi connectivity index (χ0n) is 16.8. The first-order valence-corrected chi connectivity index (χ1v) is 10.1. The van der Waals surface area contributed by atoms with Gasteiger partial charge < -0.3 is 10.4 Å². The third-order valence-electron chi connectivity index (χ3n) is 7.44. The normalized spacial score (nSPS) is 38.7. The van der Waals surface area contributed by atoms with E-state index in [9.17, 15) is 29.1 Å². The average Bonchev–Trinajstić information content (AvgIpc) is 3.21. The molecule has 3 unspecified atom stereocenters. The third kappa shape index (κ3) is 2.26. The second-order valence-electron chi connectivity index (χ2n) is 8.93. The molecule has 3 fully saturated rings. The molecule has 160 valence electrons. The van der Waals surface area contributed by atoms with Crippen molar-refractivity contribution in [3.8, 4) is 0 Å². The van der Waals surface area contributed by atoms with E-state index in [4.69, 9.17) is 0 Å². The quantitative estimate of drug-likeness (QED) is 0.373. The molecule has 2 saturated heterocycles. The molecule has 2 bridgehead atoms. The van der Waals surface area contributed by atoms with E-state index < -0.39 is 70.3 Å². The molecule has 1 aromatic rings. The predicted octanol–water partition coefficient (Wildman–Crippen LogP) is -0.726. The lowest BCUT2D eigenvalue weighted by atomic mass is 9.41. The van der Waals surface area contributed by atoms with Crippen LogP contribution in [0.3, 0.4) is 0 Å². The number of nitrogens with one attached hydrogen (secondary N) is 3. The SMILES string of the molecule is CC(O)C1=CC2(NC(=O)c3ccccc3)[C@@H]3C(=O)NC(=O)[C@@H]3C1(C)[C@@H]1C(=O)NC(=O)[C@@H]12. The van der Waals surface area contributed by atoms with Gasteiger partial charge in [-0.15, -0.1) is 0 Å². The monoisotopic (exact) mass is 423 g/mol. The Kier molecular flexibility index (Phi) is 3.86. The number of carbonyl (C=O) groups is 5. The molecule has 7 atom stereocenters. The zero-order valence-corrected chi connectivity index (χ0v) is 16.8. The molecule has 0 aromatic heterocycles. The smallest absolute Gasteiger partial charge is 0.252 e. The molecule has 2 heterocycles. The summed E-state index contributed by atoms with van der Waals surface area (Å²) in [6, 6.07) is 8.24. The highest BCUT2D eigenvalue weighted by Gasteiger charge is 2.78. The van der Waals surface area contributed by atoms with E-state index >= 15 is 0 Å². The molecule has 31 heavy (non-hydrogen) atoms. The number of rotatable bonds is 3. The van der Waals surface area contributed by atoms with Gasteiger partial charge in [0.05, 0.1) is 35.3 Å². The minimum atomic E-state index is -1.64. The minimum absolute atomic E-state index is 0.297. The molecule has 5 aliphatic rings. The van der Waals surface area contributed by atoms with Crippen molar-refractivity contribution in [3.05, 3.63) is 47.5 Å². The first-order chi connectivity index (χ1) is 14.6. The molecule has 9 heteroatoms. The van der Waals surface area contributed by atoms with Gasteiger partial charge in [-0.05, 0) is 24.6 Å². The summed E-state index contributed by atoms with van der Waals surface area (Å²) in [5.41, 5.74) is -2.24. The van der Waals surface area contributed by atoms with E-state index in [0.29, 0.717) is 11.1 Å². The average molecular weight is 423 g/mol. The molecule has 1 aromatic carbocycles. The number of hydrogen-bond acceptors (Lipinski definition) is 6. The Labute approximate surface area is 177 Å². The number of benzene rings is 1. The summed E-state index contributed by atoms with van der Waals surface area (Å²) in [7, 11) is 0. The second-order valence-corrected chi connectivity index (χ2v) is 8.93. The Balaban J connectivity index is 1.77. The molecule has 0 spiro atoms. The van der Waals surface area contributed by atoms with Crippen LogP contribution in [0.5, 0.6) is 0 Å². The standard InChI is InChI=1S/C22H21N3O6/c1-9(26)11-8-22(25-16(27)10-6-4-3-5-7-10)14-12(17(28)23-19(14)30)21(11,2)13-15(22)20(31)24-18(13)29/h3-9,12-15,26H,1-2H3,(H,25,27)(H,23,28,30)(H,24,29,31)/t9?,12-,13+,14+,15-,21?,22?. The Morgan fingerprint density at radius 2 is 1.42 bits per heavy atom. The molecule has 2 aliphatic heterocycles. The summed E-state index contributed by atoms with van der Waals surface area (Å²) in [5.74, 6) is -7.12. The molecule has 5 amide bonds. The lowest BCUT2D eigenvalue weighted by Gasteiger charge is -2.61. The van der Waals surface area contributed by atoms with Gasteiger partial charge in [0.15, 0.2) is 0 Å². The second kappa shape index (κ2) is 6.10. The van der Waals surface area contributed by atoms with Gasteiger partial charge in [-0.2, -0.15) is 0 Å². The number of amides is 5. The van der Waals surface area contributed by atoms with Crippen LogP contribution >= 0.6 is 0 Å². The van der Waals surface area contributed by atoms with Gasteiger partial charge in [-0.1, -0.05) is 31.2 Å². The molecule has 9 nitrogen and oxygen atoms in total. The lowest BCUT2D eigenvalue weighted by molar-refractivity contribution is -0.152. The van der Waals surface area contributed by atoms with Crippen molar-refractivity contribution in [1.82, 2.24) is 16.0 Å². The van der Waals surface area contributed by atoms with Gasteiger partial charge in [0, 0.05) is 11.0 Å². The fourth-order valence-electron chi connectivity index (χ4n) is 6.34. The number of imide groups is 2. The summed E-state index contributed by atoms with van der Waals surface area (Å²) in [5, 5.41) is 18.0. The van der Waals surface area contributed by atoms with E-state index in [-0.39, 0.29) is 0 Å². The summed E-state index contributed by atoms with van der Waals surface area (Å²) in [6.07, 6.45) is 0.476. The maximum Gasteiger partial charge on any atom is 0.252 e. The summed E-state index contributed by atoms with van der Waals surface area (Å²) in [4.78, 5) is 64.8. The van der Waals surface area contributed by atoms with E-state index in [1.54, 1.807) is 37.3 Å². The van der Waals surface area contributed by atoms with Crippen LogP contribution in [0.4, 0.5) is 0 Å². The predicted molar refractivity (Wildman–Crippen MR) is 105 cm³/mol. The van der Waals surface area contributed by atoms with E-state index in [1.807, 2.05) is 0 Å². The topological polar surface area (TPSA) is 142 Å². The van der Waals surface area contributed by atoms with E-state index in [0.717, 1.165) is 0 Å². The Morgan fingerprint density at radius 3 is 1.90 bits per heavy atom. The Bertz CT molecular complexity index is 1050. The fraction of sp³-hybridized carbons (Fsp3) is 0.409. The van der Waals surface area contributed by atoms with Crippen LogP contribution in [0.25, 0.3) is 0 Å². The van der Waals surface area contributed by atoms with Crippen molar-refractivity contribution in [2.75, 3.05) is 0 Å². The van der Waals surface area contributed by atoms with Gasteiger partial charge in [-0.3, -0.25) is 34.6 Å². The number of carbonyl (C=O) groups excluding carboxylic acids is 5. The van der Waals surface area contributed by atoms with Crippen molar-refractivity contribution in [1.29, 1.82) is 0 Å². The molecule has 6 rings (SSSR count). The molecular formula is C22H21N3O6. The first-order valence-electron chi connectivity index (χ1n) is 10.1. The largest absolute Gasteiger partial charge is 0.389 e. The Hall–Kier alpha value is -3.33. The minimum Gasteiger partial charge on any atom is -0.389 e. The summed E-state index contributed by atoms with van der Waals surface area (Å²) in [6.45, 7) is 3.14. The van der Waals surface area contributed by atoms with Crippen molar-refractivity contribution in [2.45, 2.75) is 25.5 Å². The maximum absolute atomic E-state index is 13.2. The van der Waals surface area contributed by atoms with Gasteiger partial charge in [-0.25, -0.2) is 0 Å². The fourth-order valence-corrected chi connectivity index (χ4v) is 6.34. The van der Waals surface area contributed by atoms with Crippen LogP contribution < -0.4 is 16.0 Å². The molecular weight excluding hydrogens is 402 g/mol. The van der Waals surface area contributed by atoms with Gasteiger partial charge in [0.1, 0.15) is 0 Å². The third-order valence-corrected chi connectivity index (χ3v) is 7.44. The number of hydrogen-bond donors (Lipinski definition) is 4. The van der Waals surface area contributed by atoms with Crippen molar-refractivity contribution >= 4 is 29.5 Å².